The van der Waals surface area contributed by atoms with Gasteiger partial charge in [0.05, 0.1) is 18.5 Å². The van der Waals surface area contributed by atoms with Crippen molar-refractivity contribution in [1.29, 1.82) is 0 Å². The van der Waals surface area contributed by atoms with Crippen LogP contribution in [-0.4, -0.2) is 72.1 Å². The molecule has 6 rings (SSSR count). The summed E-state index contributed by atoms with van der Waals surface area (Å²) < 4.78 is 0. The van der Waals surface area contributed by atoms with Gasteiger partial charge in [0.2, 0.25) is 17.8 Å². The Morgan fingerprint density at radius 1 is 1.02 bits per heavy atom. The molecule has 2 amide bonds. The molecule has 2 saturated heterocycles. The average molecular weight is 538 g/mol. The summed E-state index contributed by atoms with van der Waals surface area (Å²) in [6, 6.07) is 19.6. The molecule has 9 nitrogen and oxygen atoms in total. The molecule has 2 aromatic carbocycles. The van der Waals surface area contributed by atoms with Gasteiger partial charge >= 0.3 is 0 Å². The summed E-state index contributed by atoms with van der Waals surface area (Å²) in [6.45, 7) is 3.19. The third-order valence-electron chi connectivity index (χ3n) is 7.95. The highest BCUT2D eigenvalue weighted by molar-refractivity contribution is 5.98. The lowest BCUT2D eigenvalue weighted by molar-refractivity contribution is -0.136. The van der Waals surface area contributed by atoms with Crippen molar-refractivity contribution in [3.05, 3.63) is 71.8 Å². The van der Waals surface area contributed by atoms with Crippen LogP contribution in [0.1, 0.15) is 42.7 Å². The maximum absolute atomic E-state index is 13.1. The molecule has 3 unspecified atom stereocenters. The lowest BCUT2D eigenvalue weighted by atomic mass is 9.98. The summed E-state index contributed by atoms with van der Waals surface area (Å²) >= 11 is 0. The highest BCUT2D eigenvalue weighted by Gasteiger charge is 2.34. The maximum atomic E-state index is 13.1. The van der Waals surface area contributed by atoms with E-state index in [4.69, 9.17) is 0 Å². The Labute approximate surface area is 234 Å². The average Bonchev–Trinajstić information content (AvgIpc) is 3.70. The fourth-order valence-electron chi connectivity index (χ4n) is 5.74. The first-order valence-electron chi connectivity index (χ1n) is 14.2. The molecule has 0 spiro atoms. The summed E-state index contributed by atoms with van der Waals surface area (Å²) in [6.07, 6.45) is 6.15. The number of carbonyl (C=O) groups excluding carboxylic acids is 2. The lowest BCUT2D eigenvalue weighted by Gasteiger charge is -2.24. The van der Waals surface area contributed by atoms with Crippen LogP contribution in [0.15, 0.2) is 70.6 Å². The number of carbonyl (C=O) groups is 2. The molecule has 9 heteroatoms. The number of aromatic nitrogens is 1. The summed E-state index contributed by atoms with van der Waals surface area (Å²) in [7, 11) is 0. The standard InChI is InChI=1S/C31H35N7O2/c39-29(16-21-6-2-1-3-7-21)38-15-5-9-27(38)30(40)37-28-13-11-23-17-22(10-12-26(23)36-28)24-18-33-31(34-19-24)35-20-25-8-4-14-32-25/h1-3,6-7,10-13,17-18,24-25,27,32H,4-5,8-9,14-16,19-20H2,(H,34,35)(H,36,37,40). The smallest absolute Gasteiger partial charge is 0.248 e. The first-order valence-corrected chi connectivity index (χ1v) is 14.2. The number of benzene rings is 2. The van der Waals surface area contributed by atoms with Crippen molar-refractivity contribution in [3.8, 4) is 0 Å². The Morgan fingerprint density at radius 3 is 2.73 bits per heavy atom. The third-order valence-corrected chi connectivity index (χ3v) is 7.95. The van der Waals surface area contributed by atoms with Gasteiger partial charge in [-0.3, -0.25) is 14.6 Å². The number of anilines is 1. The zero-order valence-electron chi connectivity index (χ0n) is 22.6. The predicted molar refractivity (Wildman–Crippen MR) is 158 cm³/mol. The number of hydrogen-bond acceptors (Lipinski definition) is 7. The van der Waals surface area contributed by atoms with Crippen LogP contribution in [0, 0.1) is 0 Å². The molecule has 0 radical (unpaired) electrons. The molecule has 1 aromatic heterocycles. The van der Waals surface area contributed by atoms with Gasteiger partial charge in [-0.05, 0) is 67.6 Å². The summed E-state index contributed by atoms with van der Waals surface area (Å²) in [5.41, 5.74) is 2.88. The molecule has 206 valence electrons. The SMILES string of the molecule is O=C(Nc1ccc2cc(C3C=NC(NCC4CCCN4)=NC3)ccc2n1)C1CCCN1C(=O)Cc1ccccc1. The number of hydrogen-bond donors (Lipinski definition) is 3. The third kappa shape index (κ3) is 6.04. The second-order valence-electron chi connectivity index (χ2n) is 10.8. The van der Waals surface area contributed by atoms with Crippen molar-refractivity contribution >= 4 is 40.7 Å². The zero-order chi connectivity index (χ0) is 27.3. The minimum atomic E-state index is -0.476. The second-order valence-corrected chi connectivity index (χ2v) is 10.8. The predicted octanol–water partition coefficient (Wildman–Crippen LogP) is 3.27. The normalized spacial score (nSPS) is 22.4. The number of nitrogens with one attached hydrogen (secondary N) is 3. The second kappa shape index (κ2) is 12.0. The van der Waals surface area contributed by atoms with Crippen LogP contribution in [0.4, 0.5) is 5.82 Å². The van der Waals surface area contributed by atoms with E-state index in [0.29, 0.717) is 43.8 Å². The van der Waals surface area contributed by atoms with Gasteiger partial charge in [0.25, 0.3) is 0 Å². The van der Waals surface area contributed by atoms with E-state index in [-0.39, 0.29) is 17.7 Å². The number of pyridine rings is 1. The molecule has 3 atom stereocenters. The lowest BCUT2D eigenvalue weighted by Crippen LogP contribution is -2.43. The highest BCUT2D eigenvalue weighted by Crippen LogP contribution is 2.24. The molecule has 4 heterocycles. The van der Waals surface area contributed by atoms with E-state index in [1.165, 1.54) is 12.8 Å². The molecule has 2 fully saturated rings. The fourth-order valence-corrected chi connectivity index (χ4v) is 5.74. The molecular formula is C31H35N7O2. The monoisotopic (exact) mass is 537 g/mol. The van der Waals surface area contributed by atoms with E-state index in [2.05, 4.69) is 43.1 Å². The Balaban J connectivity index is 1.06. The molecule has 40 heavy (non-hydrogen) atoms. The van der Waals surface area contributed by atoms with Gasteiger partial charge < -0.3 is 20.9 Å². The van der Waals surface area contributed by atoms with Crippen molar-refractivity contribution in [2.24, 2.45) is 9.98 Å². The topological polar surface area (TPSA) is 111 Å². The molecule has 3 N–H and O–H groups in total. The quantitative estimate of drug-likeness (QED) is 0.429. The van der Waals surface area contributed by atoms with Gasteiger partial charge in [0.15, 0.2) is 0 Å². The molecule has 0 aliphatic carbocycles. The minimum absolute atomic E-state index is 0.0211. The number of amides is 2. The minimum Gasteiger partial charge on any atom is -0.353 e. The van der Waals surface area contributed by atoms with Gasteiger partial charge in [0, 0.05) is 36.7 Å². The molecule has 0 bridgehead atoms. The number of aliphatic imine (C=N–C) groups is 2. The molecular weight excluding hydrogens is 502 g/mol. The van der Waals surface area contributed by atoms with Crippen LogP contribution in [0.5, 0.6) is 0 Å². The zero-order valence-corrected chi connectivity index (χ0v) is 22.6. The first-order chi connectivity index (χ1) is 19.6. The number of likely N-dealkylation sites (tertiary alicyclic amines) is 1. The van der Waals surface area contributed by atoms with Crippen molar-refractivity contribution in [2.75, 3.05) is 31.5 Å². The fraction of sp³-hybridized carbons (Fsp3) is 0.387. The Kier molecular flexibility index (Phi) is 7.81. The van der Waals surface area contributed by atoms with Crippen LogP contribution in [0.3, 0.4) is 0 Å². The highest BCUT2D eigenvalue weighted by atomic mass is 16.2. The Bertz CT molecular complexity index is 1430. The Morgan fingerprint density at radius 2 is 1.93 bits per heavy atom. The van der Waals surface area contributed by atoms with E-state index >= 15 is 0 Å². The van der Waals surface area contributed by atoms with Crippen molar-refractivity contribution in [1.82, 2.24) is 20.5 Å². The number of rotatable bonds is 7. The van der Waals surface area contributed by atoms with Crippen LogP contribution < -0.4 is 16.0 Å². The first kappa shape index (κ1) is 26.1. The summed E-state index contributed by atoms with van der Waals surface area (Å²) in [5.74, 6) is 1.10. The van der Waals surface area contributed by atoms with Crippen molar-refractivity contribution < 1.29 is 9.59 Å². The van der Waals surface area contributed by atoms with Crippen LogP contribution in [-0.2, 0) is 16.0 Å². The van der Waals surface area contributed by atoms with Gasteiger partial charge in [0.1, 0.15) is 11.9 Å². The summed E-state index contributed by atoms with van der Waals surface area (Å²) in [5, 5.41) is 10.8. The van der Waals surface area contributed by atoms with Gasteiger partial charge in [-0.25, -0.2) is 9.98 Å². The van der Waals surface area contributed by atoms with E-state index in [0.717, 1.165) is 41.5 Å². The largest absolute Gasteiger partial charge is 0.353 e. The van der Waals surface area contributed by atoms with Crippen molar-refractivity contribution in [2.45, 2.75) is 50.1 Å². The van der Waals surface area contributed by atoms with Crippen LogP contribution >= 0.6 is 0 Å². The molecule has 3 aliphatic rings. The number of nitrogens with zero attached hydrogens (tertiary/aromatic N) is 4. The molecule has 0 saturated carbocycles. The summed E-state index contributed by atoms with van der Waals surface area (Å²) in [4.78, 5) is 41.6. The number of fused-ring (bicyclic) bond motifs is 1. The Hall–Kier alpha value is -4.11. The van der Waals surface area contributed by atoms with E-state index in [1.807, 2.05) is 54.7 Å². The molecule has 3 aromatic rings. The van der Waals surface area contributed by atoms with Gasteiger partial charge in [-0.15, -0.1) is 0 Å². The van der Waals surface area contributed by atoms with Crippen LogP contribution in [0.25, 0.3) is 10.9 Å². The van der Waals surface area contributed by atoms with Crippen LogP contribution in [0.2, 0.25) is 0 Å². The van der Waals surface area contributed by atoms with Gasteiger partial charge in [-0.2, -0.15) is 0 Å². The van der Waals surface area contributed by atoms with E-state index in [1.54, 1.807) is 4.90 Å². The van der Waals surface area contributed by atoms with Crippen molar-refractivity contribution in [3.63, 3.8) is 0 Å². The molecule has 3 aliphatic heterocycles. The maximum Gasteiger partial charge on any atom is 0.248 e. The van der Waals surface area contributed by atoms with Gasteiger partial charge in [-0.1, -0.05) is 36.4 Å². The number of guanidine groups is 1. The van der Waals surface area contributed by atoms with E-state index < -0.39 is 6.04 Å². The van der Waals surface area contributed by atoms with E-state index in [9.17, 15) is 9.59 Å².